The highest BCUT2D eigenvalue weighted by atomic mass is 16.8. The fraction of sp³-hybridized carbons (Fsp3) is 0.923. The summed E-state index contributed by atoms with van der Waals surface area (Å²) in [6.07, 6.45) is -0.716. The van der Waals surface area contributed by atoms with Crippen LogP contribution < -0.4 is 0 Å². The van der Waals surface area contributed by atoms with Crippen LogP contribution in [0.3, 0.4) is 0 Å². The smallest absolute Gasteiger partial charge is 0.311 e. The molecule has 3 heterocycles. The van der Waals surface area contributed by atoms with Gasteiger partial charge in [-0.2, -0.15) is 0 Å². The van der Waals surface area contributed by atoms with Gasteiger partial charge in [0.25, 0.3) is 0 Å². The summed E-state index contributed by atoms with van der Waals surface area (Å²) in [6, 6.07) is -0.846. The Balaban J connectivity index is 1.99. The van der Waals surface area contributed by atoms with Crippen LogP contribution in [0.25, 0.3) is 10.4 Å². The van der Waals surface area contributed by atoms with Crippen molar-refractivity contribution >= 4 is 5.97 Å². The first-order chi connectivity index (χ1) is 9.93. The van der Waals surface area contributed by atoms with E-state index in [9.17, 15) is 9.90 Å². The molecule has 2 bridgehead atoms. The lowest BCUT2D eigenvalue weighted by Crippen LogP contribution is -2.56. The van der Waals surface area contributed by atoms with Crippen LogP contribution in [0, 0.1) is 5.92 Å². The molecule has 8 heteroatoms. The predicted octanol–water partition coefficient (Wildman–Crippen LogP) is 1.27. The van der Waals surface area contributed by atoms with Gasteiger partial charge in [-0.25, -0.2) is 0 Å². The van der Waals surface area contributed by atoms with Gasteiger partial charge >= 0.3 is 5.97 Å². The molecule has 0 aromatic rings. The lowest BCUT2D eigenvalue weighted by atomic mass is 9.86. The lowest BCUT2D eigenvalue weighted by Gasteiger charge is -2.38. The molecule has 0 unspecified atom stereocenters. The molecule has 0 aromatic carbocycles. The molecular weight excluding hydrogens is 278 g/mol. The van der Waals surface area contributed by atoms with E-state index in [0.717, 1.165) is 0 Å². The van der Waals surface area contributed by atoms with Crippen LogP contribution in [0.2, 0.25) is 0 Å². The fourth-order valence-electron chi connectivity index (χ4n) is 3.51. The summed E-state index contributed by atoms with van der Waals surface area (Å²) < 4.78 is 17.2. The van der Waals surface area contributed by atoms with Gasteiger partial charge in [0.15, 0.2) is 5.79 Å². The summed E-state index contributed by atoms with van der Waals surface area (Å²) in [5.41, 5.74) is 8.74. The number of rotatable bonds is 1. The number of ether oxygens (including phenoxy) is 3. The van der Waals surface area contributed by atoms with E-state index in [0.29, 0.717) is 19.3 Å². The van der Waals surface area contributed by atoms with Crippen molar-refractivity contribution in [2.75, 3.05) is 0 Å². The minimum absolute atomic E-state index is 0.238. The normalized spacial score (nSPS) is 44.8. The number of aliphatic hydroxyl groups excluding tert-OH is 1. The van der Waals surface area contributed by atoms with Crippen LogP contribution in [0.15, 0.2) is 5.11 Å². The summed E-state index contributed by atoms with van der Waals surface area (Å²) in [4.78, 5) is 14.9. The molecule has 116 valence electrons. The topological polar surface area (TPSA) is 114 Å². The fourth-order valence-corrected chi connectivity index (χ4v) is 3.51. The maximum absolute atomic E-state index is 12.1. The third-order valence-electron chi connectivity index (χ3n) is 4.39. The number of azide groups is 1. The zero-order chi connectivity index (χ0) is 15.2. The van der Waals surface area contributed by atoms with Crippen LogP contribution in [0.4, 0.5) is 0 Å². The standard InChI is InChI=1S/C13H19N3O5/c1-13(2)20-7-5-3-4-6-9(17)8(15-16-14)11(10(7)21-13)19-12(6)18/h6-11,17H,3-5H2,1-2H3/t6-,7+,8+,9-,10+,11-/m0/s1. The van der Waals surface area contributed by atoms with Crippen LogP contribution in [0.1, 0.15) is 33.1 Å². The minimum Gasteiger partial charge on any atom is -0.459 e. The Labute approximate surface area is 122 Å². The van der Waals surface area contributed by atoms with Gasteiger partial charge in [0, 0.05) is 4.91 Å². The molecule has 8 nitrogen and oxygen atoms in total. The monoisotopic (exact) mass is 297 g/mol. The number of hydrogen-bond acceptors (Lipinski definition) is 6. The molecule has 3 saturated heterocycles. The van der Waals surface area contributed by atoms with Crippen molar-refractivity contribution in [3.63, 3.8) is 0 Å². The Morgan fingerprint density at radius 3 is 2.81 bits per heavy atom. The molecule has 4 rings (SSSR count). The van der Waals surface area contributed by atoms with E-state index in [4.69, 9.17) is 19.7 Å². The van der Waals surface area contributed by atoms with Crippen molar-refractivity contribution in [1.29, 1.82) is 0 Å². The van der Waals surface area contributed by atoms with Crippen molar-refractivity contribution in [3.05, 3.63) is 10.4 Å². The van der Waals surface area contributed by atoms with Gasteiger partial charge in [0.1, 0.15) is 18.2 Å². The Morgan fingerprint density at radius 1 is 1.33 bits per heavy atom. The van der Waals surface area contributed by atoms with Gasteiger partial charge < -0.3 is 19.3 Å². The van der Waals surface area contributed by atoms with Gasteiger partial charge in [-0.15, -0.1) is 0 Å². The largest absolute Gasteiger partial charge is 0.459 e. The molecule has 6 atom stereocenters. The molecule has 0 radical (unpaired) electrons. The van der Waals surface area contributed by atoms with Gasteiger partial charge in [0.05, 0.1) is 18.1 Å². The summed E-state index contributed by atoms with van der Waals surface area (Å²) in [5, 5.41) is 14.0. The van der Waals surface area contributed by atoms with Crippen LogP contribution in [-0.4, -0.2) is 47.3 Å². The second-order valence-corrected chi connectivity index (χ2v) is 6.26. The SMILES string of the molecule is CC1(C)O[C@H]2[C@H]3OC(=O)[C@@H](CCC[C@H]2O1)[C@H](O)[C@H]3N=[N+]=[N-]. The number of hydrogen-bond donors (Lipinski definition) is 1. The van der Waals surface area contributed by atoms with Gasteiger partial charge in [-0.3, -0.25) is 4.79 Å². The molecule has 0 spiro atoms. The summed E-state index contributed by atoms with van der Waals surface area (Å²) in [6.45, 7) is 3.58. The Hall–Kier alpha value is -1.34. The third-order valence-corrected chi connectivity index (χ3v) is 4.39. The lowest BCUT2D eigenvalue weighted by molar-refractivity contribution is -0.194. The highest BCUT2D eigenvalue weighted by molar-refractivity contribution is 5.74. The summed E-state index contributed by atoms with van der Waals surface area (Å²) in [7, 11) is 0. The molecule has 0 amide bonds. The third kappa shape index (κ3) is 2.48. The first-order valence-corrected chi connectivity index (χ1v) is 7.21. The maximum Gasteiger partial charge on any atom is 0.311 e. The van der Waals surface area contributed by atoms with Crippen LogP contribution in [0.5, 0.6) is 0 Å². The second kappa shape index (κ2) is 5.14. The Morgan fingerprint density at radius 2 is 2.10 bits per heavy atom. The van der Waals surface area contributed by atoms with E-state index < -0.39 is 42.0 Å². The summed E-state index contributed by atoms with van der Waals surface area (Å²) >= 11 is 0. The average Bonchev–Trinajstić information content (AvgIpc) is 2.74. The van der Waals surface area contributed by atoms with Gasteiger partial charge in [-0.1, -0.05) is 5.11 Å². The zero-order valence-electron chi connectivity index (χ0n) is 12.0. The number of nitrogens with zero attached hydrogens (tertiary/aromatic N) is 3. The zero-order valence-corrected chi connectivity index (χ0v) is 12.0. The minimum atomic E-state index is -1.04. The molecule has 0 aromatic heterocycles. The van der Waals surface area contributed by atoms with E-state index in [1.807, 2.05) is 0 Å². The summed E-state index contributed by atoms with van der Waals surface area (Å²) in [5.74, 6) is -1.89. The van der Waals surface area contributed by atoms with Crippen LogP contribution in [-0.2, 0) is 19.0 Å². The number of carbonyl (C=O) groups is 1. The molecule has 4 aliphatic rings. The van der Waals surface area contributed by atoms with E-state index in [1.54, 1.807) is 13.8 Å². The van der Waals surface area contributed by atoms with Crippen molar-refractivity contribution in [2.24, 2.45) is 11.0 Å². The van der Waals surface area contributed by atoms with Crippen molar-refractivity contribution in [2.45, 2.75) is 69.4 Å². The van der Waals surface area contributed by atoms with E-state index in [2.05, 4.69) is 10.0 Å². The van der Waals surface area contributed by atoms with Crippen LogP contribution >= 0.6 is 0 Å². The second-order valence-electron chi connectivity index (χ2n) is 6.26. The maximum atomic E-state index is 12.1. The molecule has 1 N–H and O–H groups in total. The quantitative estimate of drug-likeness (QED) is 0.339. The molecular formula is C13H19N3O5. The van der Waals surface area contributed by atoms with Crippen molar-refractivity contribution < 1.29 is 24.1 Å². The number of aliphatic hydroxyl groups is 1. The predicted molar refractivity (Wildman–Crippen MR) is 70.0 cm³/mol. The Bertz CT molecular complexity index is 490. The van der Waals surface area contributed by atoms with E-state index >= 15 is 0 Å². The first-order valence-electron chi connectivity index (χ1n) is 7.21. The Kier molecular flexibility index (Phi) is 3.57. The molecule has 3 aliphatic heterocycles. The van der Waals surface area contributed by atoms with E-state index in [1.165, 1.54) is 0 Å². The molecule has 1 saturated carbocycles. The molecule has 4 fully saturated rings. The van der Waals surface area contributed by atoms with Crippen molar-refractivity contribution in [3.8, 4) is 0 Å². The number of carbonyl (C=O) groups excluding carboxylic acids is 1. The highest BCUT2D eigenvalue weighted by Gasteiger charge is 2.55. The first kappa shape index (κ1) is 14.6. The highest BCUT2D eigenvalue weighted by Crippen LogP contribution is 2.40. The number of fused-ring (bicyclic) bond motifs is 4. The van der Waals surface area contributed by atoms with Crippen molar-refractivity contribution in [1.82, 2.24) is 0 Å². The van der Waals surface area contributed by atoms with E-state index in [-0.39, 0.29) is 6.10 Å². The average molecular weight is 297 g/mol. The van der Waals surface area contributed by atoms with Gasteiger partial charge in [-0.05, 0) is 38.6 Å². The van der Waals surface area contributed by atoms with Gasteiger partial charge in [0.2, 0.25) is 0 Å². The number of esters is 1. The molecule has 1 aliphatic carbocycles. The molecule has 21 heavy (non-hydrogen) atoms.